The Bertz CT molecular complexity index is 486. The number of hydrogen-bond acceptors (Lipinski definition) is 2. The summed E-state index contributed by atoms with van der Waals surface area (Å²) in [4.78, 5) is 15.0. The van der Waals surface area contributed by atoms with Gasteiger partial charge in [0.15, 0.2) is 0 Å². The van der Waals surface area contributed by atoms with Crippen molar-refractivity contribution in [3.8, 4) is 0 Å². The second kappa shape index (κ2) is 5.96. The van der Waals surface area contributed by atoms with Crippen LogP contribution in [0.1, 0.15) is 49.1 Å². The van der Waals surface area contributed by atoms with E-state index in [2.05, 4.69) is 29.2 Å². The number of carbonyl (C=O) groups excluding carboxylic acids is 1. The Balaban J connectivity index is 1.84. The summed E-state index contributed by atoms with van der Waals surface area (Å²) in [6, 6.07) is 8.70. The van der Waals surface area contributed by atoms with Crippen molar-refractivity contribution in [3.05, 3.63) is 35.4 Å². The van der Waals surface area contributed by atoms with E-state index in [4.69, 9.17) is 5.73 Å². The zero-order chi connectivity index (χ0) is 13.9. The van der Waals surface area contributed by atoms with Crippen molar-refractivity contribution < 1.29 is 4.79 Å². The molecule has 1 aliphatic heterocycles. The van der Waals surface area contributed by atoms with Crippen LogP contribution in [0.2, 0.25) is 0 Å². The lowest BCUT2D eigenvalue weighted by Crippen LogP contribution is -2.49. The third kappa shape index (κ3) is 2.47. The van der Waals surface area contributed by atoms with E-state index in [0.717, 1.165) is 38.6 Å². The summed E-state index contributed by atoms with van der Waals surface area (Å²) in [6.45, 7) is 1.49. The lowest BCUT2D eigenvalue weighted by Gasteiger charge is -2.38. The Morgan fingerprint density at radius 1 is 1.20 bits per heavy atom. The molecule has 3 heteroatoms. The molecule has 0 aromatic heterocycles. The Labute approximate surface area is 121 Å². The fourth-order valence-corrected chi connectivity index (χ4v) is 3.75. The maximum Gasteiger partial charge on any atom is 0.230 e. The first-order valence-electron chi connectivity index (χ1n) is 7.89. The molecule has 108 valence electrons. The highest BCUT2D eigenvalue weighted by molar-refractivity contribution is 5.84. The number of rotatable bonds is 2. The highest BCUT2D eigenvalue weighted by atomic mass is 16.2. The lowest BCUT2D eigenvalue weighted by atomic mass is 9.81. The summed E-state index contributed by atoms with van der Waals surface area (Å²) in [5.41, 5.74) is 8.48. The number of hydrogen-bond donors (Lipinski definition) is 1. The summed E-state index contributed by atoms with van der Waals surface area (Å²) in [6.07, 6.45) is 6.61. The van der Waals surface area contributed by atoms with Crippen LogP contribution in [0, 0.1) is 0 Å². The van der Waals surface area contributed by atoms with Gasteiger partial charge in [0.05, 0.1) is 5.92 Å². The van der Waals surface area contributed by atoms with Gasteiger partial charge in [-0.05, 0) is 49.7 Å². The molecule has 0 spiro atoms. The maximum absolute atomic E-state index is 13.0. The zero-order valence-corrected chi connectivity index (χ0v) is 12.1. The number of likely N-dealkylation sites (tertiary alicyclic amines) is 1. The van der Waals surface area contributed by atoms with Gasteiger partial charge in [-0.3, -0.25) is 4.79 Å². The standard InChI is InChI=1S/C17H24N2O/c18-12-14-8-3-4-11-19(14)17(20)16-10-5-7-13-6-1-2-9-15(13)16/h1-2,6,9,14,16H,3-5,7-8,10-12,18H2. The molecular weight excluding hydrogens is 248 g/mol. The SMILES string of the molecule is NCC1CCCCN1C(=O)C1CCCc2ccccc21. The van der Waals surface area contributed by atoms with Crippen LogP contribution in [0.5, 0.6) is 0 Å². The molecule has 0 radical (unpaired) electrons. The fraction of sp³-hybridized carbons (Fsp3) is 0.588. The average molecular weight is 272 g/mol. The number of fused-ring (bicyclic) bond motifs is 1. The first-order valence-corrected chi connectivity index (χ1v) is 7.89. The molecule has 3 nitrogen and oxygen atoms in total. The predicted octanol–water partition coefficient (Wildman–Crippen LogP) is 2.45. The van der Waals surface area contributed by atoms with Crippen molar-refractivity contribution in [1.82, 2.24) is 4.90 Å². The van der Waals surface area contributed by atoms with E-state index in [1.165, 1.54) is 17.5 Å². The van der Waals surface area contributed by atoms with E-state index in [1.807, 2.05) is 0 Å². The summed E-state index contributed by atoms with van der Waals surface area (Å²) in [5, 5.41) is 0. The minimum absolute atomic E-state index is 0.0621. The van der Waals surface area contributed by atoms with Crippen LogP contribution in [-0.2, 0) is 11.2 Å². The highest BCUT2D eigenvalue weighted by Crippen LogP contribution is 2.34. The molecule has 1 heterocycles. The quantitative estimate of drug-likeness (QED) is 0.899. The first-order chi connectivity index (χ1) is 9.81. The van der Waals surface area contributed by atoms with Crippen LogP contribution in [-0.4, -0.2) is 29.9 Å². The number of benzene rings is 1. The topological polar surface area (TPSA) is 46.3 Å². The number of carbonyl (C=O) groups is 1. The minimum Gasteiger partial charge on any atom is -0.338 e. The van der Waals surface area contributed by atoms with Crippen LogP contribution in [0.25, 0.3) is 0 Å². The number of nitrogens with zero attached hydrogens (tertiary/aromatic N) is 1. The highest BCUT2D eigenvalue weighted by Gasteiger charge is 2.33. The molecule has 2 unspecified atom stereocenters. The molecule has 1 aliphatic carbocycles. The smallest absolute Gasteiger partial charge is 0.230 e. The number of piperidine rings is 1. The van der Waals surface area contributed by atoms with E-state index in [1.54, 1.807) is 0 Å². The molecule has 1 aromatic carbocycles. The minimum atomic E-state index is 0.0621. The van der Waals surface area contributed by atoms with E-state index in [0.29, 0.717) is 12.5 Å². The van der Waals surface area contributed by atoms with Crippen molar-refractivity contribution in [3.63, 3.8) is 0 Å². The van der Waals surface area contributed by atoms with Crippen molar-refractivity contribution in [1.29, 1.82) is 0 Å². The monoisotopic (exact) mass is 272 g/mol. The van der Waals surface area contributed by atoms with Gasteiger partial charge in [-0.25, -0.2) is 0 Å². The molecule has 20 heavy (non-hydrogen) atoms. The Hall–Kier alpha value is -1.35. The predicted molar refractivity (Wildman–Crippen MR) is 80.5 cm³/mol. The number of aryl methyl sites for hydroxylation is 1. The van der Waals surface area contributed by atoms with Crippen molar-refractivity contribution in [2.24, 2.45) is 5.73 Å². The second-order valence-corrected chi connectivity index (χ2v) is 6.06. The van der Waals surface area contributed by atoms with Crippen LogP contribution in [0.15, 0.2) is 24.3 Å². The molecule has 2 aliphatic rings. The van der Waals surface area contributed by atoms with Gasteiger partial charge in [-0.15, -0.1) is 0 Å². The Morgan fingerprint density at radius 2 is 2.05 bits per heavy atom. The van der Waals surface area contributed by atoms with Crippen LogP contribution in [0.4, 0.5) is 0 Å². The molecule has 1 fully saturated rings. The van der Waals surface area contributed by atoms with Crippen LogP contribution < -0.4 is 5.73 Å². The van der Waals surface area contributed by atoms with E-state index in [-0.39, 0.29) is 12.0 Å². The third-order valence-corrected chi connectivity index (χ3v) is 4.85. The molecular formula is C17H24N2O. The summed E-state index contributed by atoms with van der Waals surface area (Å²) in [7, 11) is 0. The zero-order valence-electron chi connectivity index (χ0n) is 12.1. The van der Waals surface area contributed by atoms with E-state index >= 15 is 0 Å². The van der Waals surface area contributed by atoms with Crippen LogP contribution in [0.3, 0.4) is 0 Å². The largest absolute Gasteiger partial charge is 0.338 e. The average Bonchev–Trinajstić information content (AvgIpc) is 2.53. The fourth-order valence-electron chi connectivity index (χ4n) is 3.75. The molecule has 3 rings (SSSR count). The van der Waals surface area contributed by atoms with Gasteiger partial charge < -0.3 is 10.6 Å². The van der Waals surface area contributed by atoms with Gasteiger partial charge in [0.2, 0.25) is 5.91 Å². The summed E-state index contributed by atoms with van der Waals surface area (Å²) in [5.74, 6) is 0.374. The molecule has 2 N–H and O–H groups in total. The van der Waals surface area contributed by atoms with Crippen molar-refractivity contribution >= 4 is 5.91 Å². The van der Waals surface area contributed by atoms with E-state index < -0.39 is 0 Å². The van der Waals surface area contributed by atoms with Gasteiger partial charge in [0, 0.05) is 19.1 Å². The maximum atomic E-state index is 13.0. The molecule has 1 saturated heterocycles. The van der Waals surface area contributed by atoms with Gasteiger partial charge in [-0.2, -0.15) is 0 Å². The molecule has 2 atom stereocenters. The molecule has 1 amide bonds. The number of nitrogens with two attached hydrogens (primary N) is 1. The molecule has 0 bridgehead atoms. The van der Waals surface area contributed by atoms with Gasteiger partial charge in [0.25, 0.3) is 0 Å². The Morgan fingerprint density at radius 3 is 2.90 bits per heavy atom. The first kappa shape index (κ1) is 13.6. The van der Waals surface area contributed by atoms with Crippen molar-refractivity contribution in [2.45, 2.75) is 50.5 Å². The van der Waals surface area contributed by atoms with Gasteiger partial charge in [0.1, 0.15) is 0 Å². The number of amides is 1. The third-order valence-electron chi connectivity index (χ3n) is 4.85. The lowest BCUT2D eigenvalue weighted by molar-refractivity contribution is -0.136. The summed E-state index contributed by atoms with van der Waals surface area (Å²) >= 11 is 0. The second-order valence-electron chi connectivity index (χ2n) is 6.06. The van der Waals surface area contributed by atoms with Crippen molar-refractivity contribution in [2.75, 3.05) is 13.1 Å². The summed E-state index contributed by atoms with van der Waals surface area (Å²) < 4.78 is 0. The normalized spacial score (nSPS) is 26.1. The van der Waals surface area contributed by atoms with Gasteiger partial charge >= 0.3 is 0 Å². The molecule has 1 aromatic rings. The van der Waals surface area contributed by atoms with Crippen LogP contribution >= 0.6 is 0 Å². The van der Waals surface area contributed by atoms with Gasteiger partial charge in [-0.1, -0.05) is 24.3 Å². The Kier molecular flexibility index (Phi) is 4.06. The van der Waals surface area contributed by atoms with E-state index in [9.17, 15) is 4.79 Å². The molecule has 0 saturated carbocycles.